The van der Waals surface area contributed by atoms with Crippen molar-refractivity contribution in [1.82, 2.24) is 15.4 Å². The van der Waals surface area contributed by atoms with Gasteiger partial charge in [-0.2, -0.15) is 0 Å². The van der Waals surface area contributed by atoms with E-state index in [2.05, 4.69) is 20.3 Å². The zero-order valence-electron chi connectivity index (χ0n) is 18.6. The number of carbonyl (C=O) groups excluding carboxylic acids is 1. The van der Waals surface area contributed by atoms with Crippen molar-refractivity contribution >= 4 is 34.3 Å². The van der Waals surface area contributed by atoms with Gasteiger partial charge in [0.05, 0.1) is 18.6 Å². The Bertz CT molecular complexity index is 915. The molecule has 174 valence electrons. The molecule has 1 N–H and O–H groups in total. The van der Waals surface area contributed by atoms with Crippen molar-refractivity contribution in [2.45, 2.75) is 44.6 Å². The molecule has 3 heterocycles. The molecule has 32 heavy (non-hydrogen) atoms. The number of piperazine rings is 1. The minimum atomic E-state index is 0.211. The SMILES string of the molecule is O=C(CC1COC1)NC1CCC(CCN2CCN(c3noc4cc(Cl)ccc34)CC2)CC1. The Morgan fingerprint density at radius 1 is 1.09 bits per heavy atom. The molecule has 5 rings (SSSR count). The van der Waals surface area contributed by atoms with Crippen LogP contribution in [0.3, 0.4) is 0 Å². The molecular weight excluding hydrogens is 428 g/mol. The number of benzene rings is 1. The van der Waals surface area contributed by atoms with Crippen molar-refractivity contribution in [2.75, 3.05) is 50.8 Å². The summed E-state index contributed by atoms with van der Waals surface area (Å²) >= 11 is 6.06. The average Bonchev–Trinajstić information content (AvgIpc) is 3.19. The van der Waals surface area contributed by atoms with Crippen molar-refractivity contribution in [1.29, 1.82) is 0 Å². The van der Waals surface area contributed by atoms with E-state index in [1.165, 1.54) is 19.3 Å². The summed E-state index contributed by atoms with van der Waals surface area (Å²) in [4.78, 5) is 17.0. The van der Waals surface area contributed by atoms with Crippen LogP contribution in [-0.2, 0) is 9.53 Å². The smallest absolute Gasteiger partial charge is 0.220 e. The molecule has 0 bridgehead atoms. The summed E-state index contributed by atoms with van der Waals surface area (Å²) in [6.07, 6.45) is 6.58. The first-order valence-corrected chi connectivity index (χ1v) is 12.4. The van der Waals surface area contributed by atoms with Gasteiger partial charge < -0.3 is 19.5 Å². The first kappa shape index (κ1) is 22.0. The monoisotopic (exact) mass is 460 g/mol. The van der Waals surface area contributed by atoms with Gasteiger partial charge in [-0.25, -0.2) is 0 Å². The van der Waals surface area contributed by atoms with Crippen LogP contribution in [0.4, 0.5) is 5.82 Å². The number of anilines is 1. The molecule has 0 radical (unpaired) electrons. The number of ether oxygens (including phenoxy) is 1. The number of halogens is 1. The molecule has 7 nitrogen and oxygen atoms in total. The summed E-state index contributed by atoms with van der Waals surface area (Å²) in [6, 6.07) is 6.09. The Balaban J connectivity index is 1.01. The van der Waals surface area contributed by atoms with Gasteiger partial charge in [0.15, 0.2) is 11.4 Å². The first-order valence-electron chi connectivity index (χ1n) is 12.0. The van der Waals surface area contributed by atoms with E-state index in [1.807, 2.05) is 18.2 Å². The molecule has 0 spiro atoms. The second-order valence-electron chi connectivity index (χ2n) is 9.66. The van der Waals surface area contributed by atoms with Crippen LogP contribution in [0, 0.1) is 11.8 Å². The number of amides is 1. The van der Waals surface area contributed by atoms with E-state index in [-0.39, 0.29) is 5.91 Å². The fourth-order valence-corrected chi connectivity index (χ4v) is 5.38. The highest BCUT2D eigenvalue weighted by atomic mass is 35.5. The van der Waals surface area contributed by atoms with Gasteiger partial charge in [0, 0.05) is 55.6 Å². The fourth-order valence-electron chi connectivity index (χ4n) is 5.22. The van der Waals surface area contributed by atoms with Gasteiger partial charge in [-0.1, -0.05) is 16.8 Å². The maximum Gasteiger partial charge on any atom is 0.220 e. The van der Waals surface area contributed by atoms with Crippen molar-refractivity contribution < 1.29 is 14.1 Å². The average molecular weight is 461 g/mol. The molecule has 0 atom stereocenters. The Kier molecular flexibility index (Phi) is 6.85. The van der Waals surface area contributed by atoms with Crippen LogP contribution in [0.15, 0.2) is 22.7 Å². The van der Waals surface area contributed by atoms with E-state index < -0.39 is 0 Å². The molecule has 8 heteroatoms. The number of carbonyl (C=O) groups is 1. The summed E-state index contributed by atoms with van der Waals surface area (Å²) in [7, 11) is 0. The van der Waals surface area contributed by atoms with Crippen LogP contribution in [0.25, 0.3) is 11.0 Å². The molecule has 2 saturated heterocycles. The predicted octanol–water partition coefficient (Wildman–Crippen LogP) is 3.70. The van der Waals surface area contributed by atoms with Crippen LogP contribution in [0.5, 0.6) is 0 Å². The standard InChI is InChI=1S/C24H33ClN4O3/c25-19-3-6-21-22(14-19)32-27-24(21)29-11-9-28(10-12-29)8-7-17-1-4-20(5-2-17)26-23(30)13-18-15-31-16-18/h3,6,14,17-18,20H,1-2,4-5,7-13,15-16H2,(H,26,30). The summed E-state index contributed by atoms with van der Waals surface area (Å²) in [5.41, 5.74) is 0.749. The number of nitrogens with one attached hydrogen (secondary N) is 1. The van der Waals surface area contributed by atoms with Gasteiger partial charge in [0.2, 0.25) is 5.91 Å². The first-order chi connectivity index (χ1) is 15.6. The van der Waals surface area contributed by atoms with Crippen LogP contribution in [-0.4, -0.2) is 67.9 Å². The normalized spacial score (nSPS) is 25.1. The van der Waals surface area contributed by atoms with Gasteiger partial charge >= 0.3 is 0 Å². The molecule has 0 unspecified atom stereocenters. The quantitative estimate of drug-likeness (QED) is 0.679. The van der Waals surface area contributed by atoms with Crippen molar-refractivity contribution in [2.24, 2.45) is 11.8 Å². The lowest BCUT2D eigenvalue weighted by molar-refractivity contribution is -0.127. The van der Waals surface area contributed by atoms with Gasteiger partial charge in [0.25, 0.3) is 0 Å². The third kappa shape index (κ3) is 5.21. The van der Waals surface area contributed by atoms with Gasteiger partial charge in [-0.05, 0) is 56.7 Å². The third-order valence-electron chi connectivity index (χ3n) is 7.33. The van der Waals surface area contributed by atoms with E-state index >= 15 is 0 Å². The van der Waals surface area contributed by atoms with E-state index in [0.717, 1.165) is 81.5 Å². The summed E-state index contributed by atoms with van der Waals surface area (Å²) in [5, 5.41) is 9.25. The molecule has 1 aromatic carbocycles. The molecule has 3 fully saturated rings. The molecule has 2 aliphatic heterocycles. The van der Waals surface area contributed by atoms with E-state index in [1.54, 1.807) is 0 Å². The predicted molar refractivity (Wildman–Crippen MR) is 125 cm³/mol. The number of aromatic nitrogens is 1. The Hall–Kier alpha value is -1.83. The van der Waals surface area contributed by atoms with Crippen LogP contribution in [0.2, 0.25) is 5.02 Å². The molecule has 1 aromatic heterocycles. The van der Waals surface area contributed by atoms with Crippen LogP contribution >= 0.6 is 11.6 Å². The van der Waals surface area contributed by atoms with E-state index in [4.69, 9.17) is 20.9 Å². The summed E-state index contributed by atoms with van der Waals surface area (Å²) in [5.74, 6) is 2.36. The number of fused-ring (bicyclic) bond motifs is 1. The Morgan fingerprint density at radius 3 is 2.59 bits per heavy atom. The number of nitrogens with zero attached hydrogens (tertiary/aromatic N) is 3. The number of hydrogen-bond donors (Lipinski definition) is 1. The van der Waals surface area contributed by atoms with E-state index in [9.17, 15) is 4.79 Å². The highest BCUT2D eigenvalue weighted by molar-refractivity contribution is 6.31. The lowest BCUT2D eigenvalue weighted by Crippen LogP contribution is -2.47. The minimum Gasteiger partial charge on any atom is -0.381 e. The molecule has 1 aliphatic carbocycles. The second kappa shape index (κ2) is 9.98. The van der Waals surface area contributed by atoms with E-state index in [0.29, 0.717) is 23.4 Å². The van der Waals surface area contributed by atoms with Crippen molar-refractivity contribution in [3.8, 4) is 0 Å². The Morgan fingerprint density at radius 2 is 1.88 bits per heavy atom. The van der Waals surface area contributed by atoms with Crippen molar-refractivity contribution in [3.05, 3.63) is 23.2 Å². The minimum absolute atomic E-state index is 0.211. The summed E-state index contributed by atoms with van der Waals surface area (Å²) in [6.45, 7) is 6.70. The topological polar surface area (TPSA) is 70.8 Å². The maximum absolute atomic E-state index is 12.1. The van der Waals surface area contributed by atoms with Crippen LogP contribution in [0.1, 0.15) is 38.5 Å². The third-order valence-corrected chi connectivity index (χ3v) is 7.57. The van der Waals surface area contributed by atoms with Crippen LogP contribution < -0.4 is 10.2 Å². The molecule has 2 aromatic rings. The highest BCUT2D eigenvalue weighted by Crippen LogP contribution is 2.30. The fraction of sp³-hybridized carbons (Fsp3) is 0.667. The molecule has 3 aliphatic rings. The Labute approximate surface area is 194 Å². The van der Waals surface area contributed by atoms with Crippen molar-refractivity contribution in [3.63, 3.8) is 0 Å². The van der Waals surface area contributed by atoms with Gasteiger partial charge in [0.1, 0.15) is 0 Å². The molecule has 1 saturated carbocycles. The lowest BCUT2D eigenvalue weighted by atomic mass is 9.84. The zero-order valence-corrected chi connectivity index (χ0v) is 19.4. The lowest BCUT2D eigenvalue weighted by Gasteiger charge is -2.36. The maximum atomic E-state index is 12.1. The highest BCUT2D eigenvalue weighted by Gasteiger charge is 2.27. The number of rotatable bonds is 7. The summed E-state index contributed by atoms with van der Waals surface area (Å²) < 4.78 is 10.6. The second-order valence-corrected chi connectivity index (χ2v) is 10.1. The van der Waals surface area contributed by atoms with Gasteiger partial charge in [-0.3, -0.25) is 9.69 Å². The largest absolute Gasteiger partial charge is 0.381 e. The molecular formula is C24H33ClN4O3. The molecule has 1 amide bonds. The zero-order chi connectivity index (χ0) is 21.9. The number of hydrogen-bond acceptors (Lipinski definition) is 6. The van der Waals surface area contributed by atoms with Gasteiger partial charge in [-0.15, -0.1) is 0 Å².